The van der Waals surface area contributed by atoms with Crippen molar-refractivity contribution < 1.29 is 14.4 Å². The third-order valence-electron chi connectivity index (χ3n) is 4.38. The number of hydrogen-bond donors (Lipinski definition) is 2. The predicted octanol–water partition coefficient (Wildman–Crippen LogP) is 0.714. The van der Waals surface area contributed by atoms with Crippen LogP contribution in [0.2, 0.25) is 0 Å². The summed E-state index contributed by atoms with van der Waals surface area (Å²) in [4.78, 5) is 40.3. The molecule has 1 aromatic heterocycles. The normalized spacial score (nSPS) is 22.6. The molecule has 1 atom stereocenters. The van der Waals surface area contributed by atoms with Crippen LogP contribution in [-0.4, -0.2) is 42.2 Å². The number of imide groups is 1. The fourth-order valence-corrected chi connectivity index (χ4v) is 2.96. The lowest BCUT2D eigenvalue weighted by molar-refractivity contribution is -0.133. The molecule has 0 aromatic carbocycles. The molecule has 7 heteroatoms. The van der Waals surface area contributed by atoms with Crippen molar-refractivity contribution in [2.75, 3.05) is 23.3 Å². The summed E-state index contributed by atoms with van der Waals surface area (Å²) in [7, 11) is 0. The molecule has 0 radical (unpaired) electrons. The highest BCUT2D eigenvalue weighted by Crippen LogP contribution is 2.22. The molecule has 0 aliphatic carbocycles. The zero-order valence-electron chi connectivity index (χ0n) is 12.8. The van der Waals surface area contributed by atoms with Crippen molar-refractivity contribution in [1.29, 1.82) is 0 Å². The van der Waals surface area contributed by atoms with Gasteiger partial charge in [-0.05, 0) is 31.4 Å². The molecular weight excluding hydrogens is 296 g/mol. The molecule has 2 saturated heterocycles. The predicted molar refractivity (Wildman–Crippen MR) is 85.0 cm³/mol. The van der Waals surface area contributed by atoms with Crippen LogP contribution in [0, 0.1) is 5.92 Å². The molecule has 122 valence electrons. The van der Waals surface area contributed by atoms with Gasteiger partial charge in [-0.25, -0.2) is 4.98 Å². The van der Waals surface area contributed by atoms with Gasteiger partial charge in [0.25, 0.3) is 0 Å². The first kappa shape index (κ1) is 15.5. The maximum absolute atomic E-state index is 11.7. The Labute approximate surface area is 134 Å². The second-order valence-corrected chi connectivity index (χ2v) is 6.01. The molecule has 3 heterocycles. The maximum atomic E-state index is 11.7. The number of carbonyl (C=O) groups is 3. The van der Waals surface area contributed by atoms with E-state index in [1.807, 2.05) is 12.1 Å². The van der Waals surface area contributed by atoms with E-state index in [1.54, 1.807) is 6.20 Å². The Balaban J connectivity index is 1.58. The van der Waals surface area contributed by atoms with Crippen LogP contribution in [0.3, 0.4) is 0 Å². The lowest BCUT2D eigenvalue weighted by atomic mass is 9.99. The van der Waals surface area contributed by atoms with Gasteiger partial charge in [0.15, 0.2) is 0 Å². The maximum Gasteiger partial charge on any atom is 0.249 e. The minimum Gasteiger partial charge on any atom is -0.372 e. The van der Waals surface area contributed by atoms with Gasteiger partial charge in [-0.15, -0.1) is 0 Å². The highest BCUT2D eigenvalue weighted by atomic mass is 16.2. The van der Waals surface area contributed by atoms with Gasteiger partial charge in [0, 0.05) is 25.4 Å². The summed E-state index contributed by atoms with van der Waals surface area (Å²) in [6, 6.07) is 3.40. The lowest BCUT2D eigenvalue weighted by Crippen LogP contribution is -2.47. The van der Waals surface area contributed by atoms with Crippen LogP contribution in [0.5, 0.6) is 0 Å². The van der Waals surface area contributed by atoms with Gasteiger partial charge in [0.1, 0.15) is 18.1 Å². The summed E-state index contributed by atoms with van der Waals surface area (Å²) in [6.45, 7) is 1.66. The van der Waals surface area contributed by atoms with Crippen LogP contribution in [-0.2, 0) is 14.4 Å². The van der Waals surface area contributed by atoms with Gasteiger partial charge < -0.3 is 15.0 Å². The molecule has 2 aliphatic rings. The Morgan fingerprint density at radius 1 is 1.22 bits per heavy atom. The van der Waals surface area contributed by atoms with Crippen molar-refractivity contribution in [1.82, 2.24) is 10.3 Å². The molecule has 1 unspecified atom stereocenters. The van der Waals surface area contributed by atoms with Crippen molar-refractivity contribution >= 4 is 29.6 Å². The number of carbonyl (C=O) groups excluding carboxylic acids is 3. The molecule has 7 nitrogen and oxygen atoms in total. The molecule has 0 bridgehead atoms. The van der Waals surface area contributed by atoms with E-state index >= 15 is 0 Å². The molecule has 23 heavy (non-hydrogen) atoms. The van der Waals surface area contributed by atoms with E-state index in [0.29, 0.717) is 12.8 Å². The van der Waals surface area contributed by atoms with Crippen LogP contribution >= 0.6 is 0 Å². The molecule has 2 amide bonds. The molecule has 2 N–H and O–H groups in total. The van der Waals surface area contributed by atoms with E-state index in [4.69, 9.17) is 0 Å². The van der Waals surface area contributed by atoms with Crippen molar-refractivity contribution in [2.45, 2.75) is 31.7 Å². The highest BCUT2D eigenvalue weighted by molar-refractivity contribution is 6.01. The van der Waals surface area contributed by atoms with E-state index < -0.39 is 6.04 Å². The monoisotopic (exact) mass is 316 g/mol. The van der Waals surface area contributed by atoms with E-state index in [0.717, 1.165) is 43.7 Å². The van der Waals surface area contributed by atoms with Crippen LogP contribution in [0.1, 0.15) is 25.7 Å². The summed E-state index contributed by atoms with van der Waals surface area (Å²) < 4.78 is 0. The molecule has 1 aromatic rings. The Morgan fingerprint density at radius 2 is 2.00 bits per heavy atom. The van der Waals surface area contributed by atoms with E-state index in [9.17, 15) is 14.4 Å². The number of piperidine rings is 2. The third kappa shape index (κ3) is 3.67. The van der Waals surface area contributed by atoms with E-state index in [-0.39, 0.29) is 17.7 Å². The summed E-state index contributed by atoms with van der Waals surface area (Å²) in [5.74, 6) is 0.532. The summed E-state index contributed by atoms with van der Waals surface area (Å²) in [6.07, 6.45) is 5.30. The van der Waals surface area contributed by atoms with Crippen LogP contribution < -0.4 is 15.5 Å². The van der Waals surface area contributed by atoms with Gasteiger partial charge in [-0.2, -0.15) is 0 Å². The first-order valence-corrected chi connectivity index (χ1v) is 7.92. The molecule has 0 saturated carbocycles. The van der Waals surface area contributed by atoms with Crippen molar-refractivity contribution in [3.8, 4) is 0 Å². The number of rotatable bonds is 4. The van der Waals surface area contributed by atoms with Crippen molar-refractivity contribution in [3.63, 3.8) is 0 Å². The summed E-state index contributed by atoms with van der Waals surface area (Å²) in [5.41, 5.74) is 0.756. The fourth-order valence-electron chi connectivity index (χ4n) is 2.96. The molecule has 3 rings (SSSR count). The van der Waals surface area contributed by atoms with Crippen LogP contribution in [0.4, 0.5) is 11.5 Å². The zero-order chi connectivity index (χ0) is 16.2. The van der Waals surface area contributed by atoms with E-state index in [2.05, 4.69) is 20.5 Å². The fraction of sp³-hybridized carbons (Fsp3) is 0.500. The summed E-state index contributed by atoms with van der Waals surface area (Å²) in [5, 5.41) is 5.43. The Morgan fingerprint density at radius 3 is 2.61 bits per heavy atom. The van der Waals surface area contributed by atoms with Crippen LogP contribution in [0.15, 0.2) is 18.3 Å². The van der Waals surface area contributed by atoms with Gasteiger partial charge >= 0.3 is 0 Å². The lowest BCUT2D eigenvalue weighted by Gasteiger charge is -2.30. The average molecular weight is 316 g/mol. The average Bonchev–Trinajstić information content (AvgIpc) is 2.58. The van der Waals surface area contributed by atoms with Gasteiger partial charge in [0.2, 0.25) is 11.8 Å². The number of anilines is 2. The Hall–Kier alpha value is -2.44. The minimum absolute atomic E-state index is 0.166. The van der Waals surface area contributed by atoms with E-state index in [1.165, 1.54) is 0 Å². The number of pyridine rings is 1. The number of amides is 2. The largest absolute Gasteiger partial charge is 0.372 e. The van der Waals surface area contributed by atoms with Gasteiger partial charge in [-0.3, -0.25) is 14.9 Å². The standard InChI is InChI=1S/C16H20N4O3/c21-10-11-5-7-20(8-6-11)14-3-1-12(9-17-14)18-13-2-4-15(22)19-16(13)23/h1,3,9-11,13,18H,2,4-8H2,(H,19,22,23). The molecular formula is C16H20N4O3. The smallest absolute Gasteiger partial charge is 0.249 e. The van der Waals surface area contributed by atoms with Gasteiger partial charge in [0.05, 0.1) is 11.9 Å². The first-order chi connectivity index (χ1) is 11.2. The molecule has 2 aliphatic heterocycles. The third-order valence-corrected chi connectivity index (χ3v) is 4.38. The second kappa shape index (κ2) is 6.76. The summed E-state index contributed by atoms with van der Waals surface area (Å²) >= 11 is 0. The van der Waals surface area contributed by atoms with Crippen LogP contribution in [0.25, 0.3) is 0 Å². The molecule has 2 fully saturated rings. The minimum atomic E-state index is -0.399. The topological polar surface area (TPSA) is 91.4 Å². The van der Waals surface area contributed by atoms with Gasteiger partial charge in [-0.1, -0.05) is 0 Å². The Bertz CT molecular complexity index is 594. The first-order valence-electron chi connectivity index (χ1n) is 7.92. The quantitative estimate of drug-likeness (QED) is 0.628. The van der Waals surface area contributed by atoms with Crippen molar-refractivity contribution in [2.24, 2.45) is 5.92 Å². The molecule has 0 spiro atoms. The SMILES string of the molecule is O=CC1CCN(c2ccc(NC3CCC(=O)NC3=O)cn2)CC1. The number of nitrogens with zero attached hydrogens (tertiary/aromatic N) is 2. The number of hydrogen-bond acceptors (Lipinski definition) is 6. The number of aromatic nitrogens is 1. The number of nitrogens with one attached hydrogen (secondary N) is 2. The second-order valence-electron chi connectivity index (χ2n) is 6.01. The highest BCUT2D eigenvalue weighted by Gasteiger charge is 2.26. The zero-order valence-corrected chi connectivity index (χ0v) is 12.8. The van der Waals surface area contributed by atoms with Crippen molar-refractivity contribution in [3.05, 3.63) is 18.3 Å². The Kier molecular flexibility index (Phi) is 4.55. The number of aldehydes is 1.